The normalized spacial score (nSPS) is 19.1. The van der Waals surface area contributed by atoms with Crippen molar-refractivity contribution >= 4 is 0 Å². The van der Waals surface area contributed by atoms with Crippen LogP contribution in [0.5, 0.6) is 0 Å². The maximum Gasteiger partial charge on any atom is -0.0111 e. The molecule has 0 aromatic carbocycles. The van der Waals surface area contributed by atoms with Gasteiger partial charge in [0.25, 0.3) is 0 Å². The Kier molecular flexibility index (Phi) is 5.01. The second kappa shape index (κ2) is 5.91. The van der Waals surface area contributed by atoms with Gasteiger partial charge in [-0.25, -0.2) is 0 Å². The topological polar surface area (TPSA) is 0 Å². The number of hydrogen-bond donors (Lipinski definition) is 0. The molecule has 0 saturated heterocycles. The van der Waals surface area contributed by atoms with Gasteiger partial charge in [-0.2, -0.15) is 0 Å². The lowest BCUT2D eigenvalue weighted by Gasteiger charge is -2.37. The number of hydrogen-bond acceptors (Lipinski definition) is 0. The van der Waals surface area contributed by atoms with Crippen molar-refractivity contribution in [3.63, 3.8) is 0 Å². The van der Waals surface area contributed by atoms with Gasteiger partial charge in [0, 0.05) is 0 Å². The molecule has 0 spiro atoms. The summed E-state index contributed by atoms with van der Waals surface area (Å²) in [6, 6.07) is 0. The molecular formula is C18H30. The van der Waals surface area contributed by atoms with Crippen molar-refractivity contribution < 1.29 is 0 Å². The lowest BCUT2D eigenvalue weighted by Crippen LogP contribution is -2.27. The van der Waals surface area contributed by atoms with Crippen LogP contribution < -0.4 is 0 Å². The molecule has 0 nitrogen and oxygen atoms in total. The largest absolute Gasteiger partial charge is 0.0844 e. The van der Waals surface area contributed by atoms with Gasteiger partial charge in [0.05, 0.1) is 0 Å². The van der Waals surface area contributed by atoms with E-state index in [0.29, 0.717) is 16.7 Å². The molecule has 0 amide bonds. The summed E-state index contributed by atoms with van der Waals surface area (Å²) < 4.78 is 0. The zero-order valence-corrected chi connectivity index (χ0v) is 13.1. The van der Waals surface area contributed by atoms with Crippen LogP contribution in [0.3, 0.4) is 0 Å². The van der Waals surface area contributed by atoms with Crippen LogP contribution in [0, 0.1) is 16.7 Å². The number of rotatable bonds is 2. The number of allylic oxidation sites excluding steroid dienone is 6. The third-order valence-electron chi connectivity index (χ3n) is 3.50. The van der Waals surface area contributed by atoms with Crippen molar-refractivity contribution in [3.05, 3.63) is 36.0 Å². The Morgan fingerprint density at radius 1 is 0.944 bits per heavy atom. The van der Waals surface area contributed by atoms with Crippen molar-refractivity contribution in [1.29, 1.82) is 0 Å². The maximum atomic E-state index is 2.41. The summed E-state index contributed by atoms with van der Waals surface area (Å²) in [5.41, 5.74) is 2.23. The van der Waals surface area contributed by atoms with Gasteiger partial charge in [0.1, 0.15) is 0 Å². The van der Waals surface area contributed by atoms with Gasteiger partial charge in [-0.05, 0) is 41.6 Å². The fraction of sp³-hybridized carbons (Fsp3) is 0.667. The fourth-order valence-electron chi connectivity index (χ4n) is 2.54. The molecular weight excluding hydrogens is 216 g/mol. The predicted molar refractivity (Wildman–Crippen MR) is 82.6 cm³/mol. The summed E-state index contributed by atoms with van der Waals surface area (Å²) in [7, 11) is 0. The quantitative estimate of drug-likeness (QED) is 0.531. The Balaban J connectivity index is 2.99. The summed E-state index contributed by atoms with van der Waals surface area (Å²) in [4.78, 5) is 0. The zero-order valence-electron chi connectivity index (χ0n) is 13.1. The molecule has 18 heavy (non-hydrogen) atoms. The molecule has 0 N–H and O–H groups in total. The Hall–Kier alpha value is -0.780. The van der Waals surface area contributed by atoms with Crippen LogP contribution in [0.4, 0.5) is 0 Å². The van der Waals surface area contributed by atoms with Crippen molar-refractivity contribution in [2.24, 2.45) is 16.7 Å². The molecule has 0 heteroatoms. The van der Waals surface area contributed by atoms with Gasteiger partial charge in [0.2, 0.25) is 0 Å². The van der Waals surface area contributed by atoms with E-state index in [1.165, 1.54) is 12.0 Å². The van der Waals surface area contributed by atoms with E-state index >= 15 is 0 Å². The van der Waals surface area contributed by atoms with Crippen LogP contribution in [-0.2, 0) is 0 Å². The average Bonchev–Trinajstić information content (AvgIpc) is 2.11. The highest BCUT2D eigenvalue weighted by molar-refractivity contribution is 5.26. The first-order valence-electron chi connectivity index (χ1n) is 7.22. The van der Waals surface area contributed by atoms with Crippen LogP contribution in [0.1, 0.15) is 60.8 Å². The molecule has 0 fully saturated rings. The molecule has 1 aliphatic carbocycles. The second-order valence-electron chi connectivity index (χ2n) is 7.73. The molecule has 0 aliphatic heterocycles. The van der Waals surface area contributed by atoms with E-state index in [1.807, 2.05) is 0 Å². The van der Waals surface area contributed by atoms with E-state index < -0.39 is 0 Å². The maximum absolute atomic E-state index is 2.41. The average molecular weight is 246 g/mol. The Bertz CT molecular complexity index is 339. The monoisotopic (exact) mass is 246 g/mol. The third-order valence-corrected chi connectivity index (χ3v) is 3.50. The van der Waals surface area contributed by atoms with Crippen LogP contribution in [0.15, 0.2) is 36.0 Å². The first-order valence-corrected chi connectivity index (χ1v) is 7.22. The first-order chi connectivity index (χ1) is 8.20. The van der Waals surface area contributed by atoms with Crippen LogP contribution in [-0.4, -0.2) is 0 Å². The zero-order chi connectivity index (χ0) is 13.8. The molecule has 1 unspecified atom stereocenters. The molecule has 1 rings (SSSR count). The van der Waals surface area contributed by atoms with Gasteiger partial charge in [-0.1, -0.05) is 71.9 Å². The minimum atomic E-state index is 0.326. The van der Waals surface area contributed by atoms with Gasteiger partial charge in [-0.3, -0.25) is 0 Å². The molecule has 1 atom stereocenters. The molecule has 0 saturated carbocycles. The van der Waals surface area contributed by atoms with Gasteiger partial charge >= 0.3 is 0 Å². The molecule has 0 aromatic heterocycles. The smallest absolute Gasteiger partial charge is 0.0111 e. The van der Waals surface area contributed by atoms with E-state index in [2.05, 4.69) is 71.9 Å². The highest BCUT2D eigenvalue weighted by Gasteiger charge is 2.30. The van der Waals surface area contributed by atoms with Gasteiger partial charge in [0.15, 0.2) is 0 Å². The van der Waals surface area contributed by atoms with Crippen LogP contribution >= 0.6 is 0 Å². The van der Waals surface area contributed by atoms with Crippen LogP contribution in [0.25, 0.3) is 0 Å². The van der Waals surface area contributed by atoms with Crippen molar-refractivity contribution in [2.75, 3.05) is 0 Å². The Labute approximate surface area is 114 Å². The molecule has 0 heterocycles. The summed E-state index contributed by atoms with van der Waals surface area (Å²) in [5, 5.41) is 0. The molecule has 0 bridgehead atoms. The Morgan fingerprint density at radius 2 is 1.56 bits per heavy atom. The molecule has 1 aliphatic rings. The summed E-state index contributed by atoms with van der Waals surface area (Å²) in [5.74, 6) is 0.639. The first kappa shape index (κ1) is 15.3. The van der Waals surface area contributed by atoms with E-state index in [4.69, 9.17) is 0 Å². The highest BCUT2D eigenvalue weighted by atomic mass is 14.4. The minimum absolute atomic E-state index is 0.326. The summed E-state index contributed by atoms with van der Waals surface area (Å²) in [6.45, 7) is 14.1. The SMILES string of the molecule is CC(C)(C)CC(C1=CCC=CCC=C1)C(C)(C)C. The molecule has 0 radical (unpaired) electrons. The molecule has 0 aromatic rings. The highest BCUT2D eigenvalue weighted by Crippen LogP contribution is 2.41. The van der Waals surface area contributed by atoms with Crippen molar-refractivity contribution in [3.8, 4) is 0 Å². The van der Waals surface area contributed by atoms with E-state index in [0.717, 1.165) is 12.8 Å². The lowest BCUT2D eigenvalue weighted by atomic mass is 9.68. The fourth-order valence-corrected chi connectivity index (χ4v) is 2.54. The minimum Gasteiger partial charge on any atom is -0.0844 e. The van der Waals surface area contributed by atoms with Crippen molar-refractivity contribution in [1.82, 2.24) is 0 Å². The Morgan fingerprint density at radius 3 is 2.11 bits per heavy atom. The van der Waals surface area contributed by atoms with E-state index in [9.17, 15) is 0 Å². The predicted octanol–water partition coefficient (Wildman–Crippen LogP) is 5.92. The van der Waals surface area contributed by atoms with Gasteiger partial charge < -0.3 is 0 Å². The summed E-state index contributed by atoms with van der Waals surface area (Å²) >= 11 is 0. The lowest BCUT2D eigenvalue weighted by molar-refractivity contribution is 0.199. The standard InChI is InChI=1S/C18H30/c1-17(2,3)14-16(18(4,5)6)15-12-10-8-7-9-11-13-15/h7-8,11-13,16H,9-10,14H2,1-6H3. The van der Waals surface area contributed by atoms with E-state index in [-0.39, 0.29) is 0 Å². The van der Waals surface area contributed by atoms with E-state index in [1.54, 1.807) is 0 Å². The second-order valence-corrected chi connectivity index (χ2v) is 7.73. The third kappa shape index (κ3) is 5.25. The van der Waals surface area contributed by atoms with Crippen molar-refractivity contribution in [2.45, 2.75) is 60.8 Å². The van der Waals surface area contributed by atoms with Gasteiger partial charge in [-0.15, -0.1) is 0 Å². The van der Waals surface area contributed by atoms with Crippen LogP contribution in [0.2, 0.25) is 0 Å². The molecule has 102 valence electrons. The summed E-state index contributed by atoms with van der Waals surface area (Å²) in [6.07, 6.45) is 15.0.